The van der Waals surface area contributed by atoms with Gasteiger partial charge in [0.25, 0.3) is 5.91 Å². The standard InChI is InChI=1S/C13H16N4O/c1-10-8-16-17(9-10)7-6-15-13(18)11-4-2-3-5-12(11)14/h2-5,8-9H,6-7,14H2,1H3,(H,15,18). The molecule has 0 unspecified atom stereocenters. The lowest BCUT2D eigenvalue weighted by Gasteiger charge is -2.07. The van der Waals surface area contributed by atoms with Crippen molar-refractivity contribution >= 4 is 11.6 Å². The number of para-hydroxylation sites is 1. The third-order valence-corrected chi connectivity index (χ3v) is 2.59. The van der Waals surface area contributed by atoms with Crippen molar-refractivity contribution < 1.29 is 4.79 Å². The Kier molecular flexibility index (Phi) is 3.62. The summed E-state index contributed by atoms with van der Waals surface area (Å²) in [5.74, 6) is -0.156. The molecule has 0 spiro atoms. The summed E-state index contributed by atoms with van der Waals surface area (Å²) in [6, 6.07) is 7.02. The van der Waals surface area contributed by atoms with Gasteiger partial charge < -0.3 is 11.1 Å². The van der Waals surface area contributed by atoms with Gasteiger partial charge in [-0.15, -0.1) is 0 Å². The summed E-state index contributed by atoms with van der Waals surface area (Å²) in [6.45, 7) is 3.15. The number of nitrogens with two attached hydrogens (primary N) is 1. The number of rotatable bonds is 4. The summed E-state index contributed by atoms with van der Waals surface area (Å²) in [5, 5.41) is 6.96. The Labute approximate surface area is 106 Å². The number of aryl methyl sites for hydroxylation is 1. The molecule has 2 aromatic rings. The summed E-state index contributed by atoms with van der Waals surface area (Å²) in [6.07, 6.45) is 3.72. The molecule has 1 aromatic heterocycles. The minimum absolute atomic E-state index is 0.156. The number of nitrogen functional groups attached to an aromatic ring is 1. The third kappa shape index (κ3) is 2.88. The molecule has 5 heteroatoms. The van der Waals surface area contributed by atoms with Crippen molar-refractivity contribution in [3.05, 3.63) is 47.8 Å². The van der Waals surface area contributed by atoms with Gasteiger partial charge in [0, 0.05) is 18.4 Å². The SMILES string of the molecule is Cc1cnn(CCNC(=O)c2ccccc2N)c1. The van der Waals surface area contributed by atoms with Crippen molar-refractivity contribution in [2.24, 2.45) is 0 Å². The number of anilines is 1. The molecule has 2 rings (SSSR count). The van der Waals surface area contributed by atoms with E-state index in [9.17, 15) is 4.79 Å². The highest BCUT2D eigenvalue weighted by molar-refractivity contribution is 5.98. The Bertz CT molecular complexity index is 547. The fourth-order valence-corrected chi connectivity index (χ4v) is 1.67. The molecule has 0 saturated heterocycles. The first-order valence-corrected chi connectivity index (χ1v) is 5.78. The van der Waals surface area contributed by atoms with Crippen LogP contribution in [0.2, 0.25) is 0 Å². The Morgan fingerprint density at radius 2 is 2.22 bits per heavy atom. The molecule has 5 nitrogen and oxygen atoms in total. The zero-order valence-corrected chi connectivity index (χ0v) is 10.3. The molecule has 0 aliphatic rings. The molecule has 3 N–H and O–H groups in total. The molecule has 0 atom stereocenters. The highest BCUT2D eigenvalue weighted by Crippen LogP contribution is 2.09. The minimum Gasteiger partial charge on any atom is -0.398 e. The van der Waals surface area contributed by atoms with Crippen LogP contribution >= 0.6 is 0 Å². The Balaban J connectivity index is 1.87. The molecule has 94 valence electrons. The fraction of sp³-hybridized carbons (Fsp3) is 0.231. The van der Waals surface area contributed by atoms with Crippen molar-refractivity contribution in [2.45, 2.75) is 13.5 Å². The average molecular weight is 244 g/mol. The summed E-state index contributed by atoms with van der Waals surface area (Å²) in [7, 11) is 0. The number of amides is 1. The molecular weight excluding hydrogens is 228 g/mol. The van der Waals surface area contributed by atoms with E-state index in [4.69, 9.17) is 5.73 Å². The molecule has 0 aliphatic heterocycles. The molecule has 0 fully saturated rings. The van der Waals surface area contributed by atoms with Crippen LogP contribution in [-0.4, -0.2) is 22.2 Å². The van der Waals surface area contributed by atoms with E-state index in [1.165, 1.54) is 0 Å². The second-order valence-electron chi connectivity index (χ2n) is 4.12. The first-order chi connectivity index (χ1) is 8.66. The number of carbonyl (C=O) groups excluding carboxylic acids is 1. The topological polar surface area (TPSA) is 72.9 Å². The minimum atomic E-state index is -0.156. The van der Waals surface area contributed by atoms with E-state index in [0.717, 1.165) is 5.56 Å². The Morgan fingerprint density at radius 1 is 1.44 bits per heavy atom. The lowest BCUT2D eigenvalue weighted by molar-refractivity contribution is 0.0953. The molecule has 1 heterocycles. The fourth-order valence-electron chi connectivity index (χ4n) is 1.67. The zero-order valence-electron chi connectivity index (χ0n) is 10.3. The molecule has 1 amide bonds. The highest BCUT2D eigenvalue weighted by Gasteiger charge is 2.07. The molecule has 0 aliphatic carbocycles. The normalized spacial score (nSPS) is 10.3. The van der Waals surface area contributed by atoms with Crippen LogP contribution in [0.15, 0.2) is 36.7 Å². The van der Waals surface area contributed by atoms with Gasteiger partial charge in [0.2, 0.25) is 0 Å². The quantitative estimate of drug-likeness (QED) is 0.794. The molecule has 0 radical (unpaired) electrons. The van der Waals surface area contributed by atoms with E-state index in [1.807, 2.05) is 13.1 Å². The first-order valence-electron chi connectivity index (χ1n) is 5.78. The molecule has 1 aromatic carbocycles. The predicted molar refractivity (Wildman–Crippen MR) is 70.2 cm³/mol. The van der Waals surface area contributed by atoms with Crippen molar-refractivity contribution in [3.63, 3.8) is 0 Å². The van der Waals surface area contributed by atoms with Gasteiger partial charge in [-0.1, -0.05) is 12.1 Å². The number of nitrogens with one attached hydrogen (secondary N) is 1. The van der Waals surface area contributed by atoms with Gasteiger partial charge in [-0.2, -0.15) is 5.10 Å². The number of hydrogen-bond donors (Lipinski definition) is 2. The number of benzene rings is 1. The number of carbonyl (C=O) groups is 1. The maximum absolute atomic E-state index is 11.8. The summed E-state index contributed by atoms with van der Waals surface area (Å²) < 4.78 is 1.80. The van der Waals surface area contributed by atoms with Crippen LogP contribution < -0.4 is 11.1 Å². The van der Waals surface area contributed by atoms with E-state index >= 15 is 0 Å². The van der Waals surface area contributed by atoms with Crippen LogP contribution in [0.1, 0.15) is 15.9 Å². The van der Waals surface area contributed by atoms with Crippen LogP contribution in [0, 0.1) is 6.92 Å². The number of hydrogen-bond acceptors (Lipinski definition) is 3. The van der Waals surface area contributed by atoms with E-state index < -0.39 is 0 Å². The van der Waals surface area contributed by atoms with Gasteiger partial charge in [-0.3, -0.25) is 9.48 Å². The second kappa shape index (κ2) is 5.35. The largest absolute Gasteiger partial charge is 0.398 e. The molecular formula is C13H16N4O. The lowest BCUT2D eigenvalue weighted by atomic mass is 10.2. The molecule has 18 heavy (non-hydrogen) atoms. The van der Waals surface area contributed by atoms with Gasteiger partial charge >= 0.3 is 0 Å². The van der Waals surface area contributed by atoms with E-state index in [-0.39, 0.29) is 5.91 Å². The van der Waals surface area contributed by atoms with Gasteiger partial charge in [0.15, 0.2) is 0 Å². The zero-order chi connectivity index (χ0) is 13.0. The average Bonchev–Trinajstić information content (AvgIpc) is 2.75. The van der Waals surface area contributed by atoms with Crippen molar-refractivity contribution in [1.82, 2.24) is 15.1 Å². The van der Waals surface area contributed by atoms with Crippen molar-refractivity contribution in [2.75, 3.05) is 12.3 Å². The smallest absolute Gasteiger partial charge is 0.253 e. The van der Waals surface area contributed by atoms with Crippen LogP contribution in [0.4, 0.5) is 5.69 Å². The van der Waals surface area contributed by atoms with Gasteiger partial charge in [0.05, 0.1) is 18.3 Å². The number of nitrogens with zero attached hydrogens (tertiary/aromatic N) is 2. The Morgan fingerprint density at radius 3 is 2.89 bits per heavy atom. The van der Waals surface area contributed by atoms with E-state index in [2.05, 4.69) is 10.4 Å². The van der Waals surface area contributed by atoms with Gasteiger partial charge in [-0.25, -0.2) is 0 Å². The van der Waals surface area contributed by atoms with Gasteiger partial charge in [-0.05, 0) is 24.6 Å². The second-order valence-corrected chi connectivity index (χ2v) is 4.12. The summed E-state index contributed by atoms with van der Waals surface area (Å²) in [5.41, 5.74) is 7.83. The monoisotopic (exact) mass is 244 g/mol. The van der Waals surface area contributed by atoms with E-state index in [1.54, 1.807) is 35.1 Å². The molecule has 0 bridgehead atoms. The highest BCUT2D eigenvalue weighted by atomic mass is 16.1. The first kappa shape index (κ1) is 12.2. The van der Waals surface area contributed by atoms with Gasteiger partial charge in [0.1, 0.15) is 0 Å². The van der Waals surface area contributed by atoms with Crippen molar-refractivity contribution in [1.29, 1.82) is 0 Å². The van der Waals surface area contributed by atoms with Crippen LogP contribution in [-0.2, 0) is 6.54 Å². The summed E-state index contributed by atoms with van der Waals surface area (Å²) in [4.78, 5) is 11.8. The maximum atomic E-state index is 11.8. The van der Waals surface area contributed by atoms with E-state index in [0.29, 0.717) is 24.3 Å². The van der Waals surface area contributed by atoms with Crippen LogP contribution in [0.3, 0.4) is 0 Å². The van der Waals surface area contributed by atoms with Crippen LogP contribution in [0.5, 0.6) is 0 Å². The van der Waals surface area contributed by atoms with Crippen molar-refractivity contribution in [3.8, 4) is 0 Å². The van der Waals surface area contributed by atoms with Crippen LogP contribution in [0.25, 0.3) is 0 Å². The predicted octanol–water partition coefficient (Wildman–Crippen LogP) is 1.20. The number of aromatic nitrogens is 2. The maximum Gasteiger partial charge on any atom is 0.253 e. The Hall–Kier alpha value is -2.30. The molecule has 0 saturated carbocycles. The third-order valence-electron chi connectivity index (χ3n) is 2.59. The summed E-state index contributed by atoms with van der Waals surface area (Å²) >= 11 is 0. The lowest BCUT2D eigenvalue weighted by Crippen LogP contribution is -2.28.